The van der Waals surface area contributed by atoms with Crippen LogP contribution in [0, 0.1) is 5.82 Å². The summed E-state index contributed by atoms with van der Waals surface area (Å²) < 4.78 is 36.2. The summed E-state index contributed by atoms with van der Waals surface area (Å²) in [5, 5.41) is 0.682. The Morgan fingerprint density at radius 3 is 2.50 bits per heavy atom. The Hall–Kier alpha value is -3.66. The average molecular weight is 539 g/mol. The summed E-state index contributed by atoms with van der Waals surface area (Å²) in [5.74, 6) is 2.48. The van der Waals surface area contributed by atoms with Gasteiger partial charge in [0.2, 0.25) is 0 Å². The van der Waals surface area contributed by atoms with Crippen LogP contribution in [0.5, 0.6) is 23.0 Å². The molecule has 0 radical (unpaired) electrons. The molecule has 0 atom stereocenters. The molecule has 1 aromatic heterocycles. The molecule has 0 bridgehead atoms. The van der Waals surface area contributed by atoms with E-state index in [1.807, 2.05) is 24.3 Å². The topological polar surface area (TPSA) is 92.0 Å². The monoisotopic (exact) mass is 538 g/mol. The predicted octanol–water partition coefficient (Wildman–Crippen LogP) is 5.57. The van der Waals surface area contributed by atoms with Crippen molar-refractivity contribution in [3.63, 3.8) is 0 Å². The summed E-state index contributed by atoms with van der Waals surface area (Å²) in [5.41, 5.74) is 7.73. The highest BCUT2D eigenvalue weighted by Gasteiger charge is 2.15. The van der Waals surface area contributed by atoms with E-state index < -0.39 is 5.82 Å². The highest BCUT2D eigenvalue weighted by atomic mass is 35.5. The van der Waals surface area contributed by atoms with Gasteiger partial charge in [-0.3, -0.25) is 4.90 Å². The third-order valence-corrected chi connectivity index (χ3v) is 6.52. The molecule has 4 aromatic rings. The molecule has 10 heteroatoms. The highest BCUT2D eigenvalue weighted by molar-refractivity contribution is 6.30. The van der Waals surface area contributed by atoms with Crippen LogP contribution in [0.1, 0.15) is 6.42 Å². The molecule has 0 saturated carbocycles. The summed E-state index contributed by atoms with van der Waals surface area (Å²) in [6.45, 7) is 4.97. The van der Waals surface area contributed by atoms with Gasteiger partial charge in [0.15, 0.2) is 17.3 Å². The fraction of sp³-hybridized carbons (Fsp3) is 0.286. The number of methoxy groups -OCH3 is 1. The Morgan fingerprint density at radius 2 is 1.76 bits per heavy atom. The summed E-state index contributed by atoms with van der Waals surface area (Å²) in [7, 11) is 1.60. The summed E-state index contributed by atoms with van der Waals surface area (Å²) in [4.78, 5) is 11.6. The molecule has 1 saturated heterocycles. The zero-order valence-electron chi connectivity index (χ0n) is 21.0. The number of nitrogen functional groups attached to an aromatic ring is 1. The van der Waals surface area contributed by atoms with E-state index in [1.54, 1.807) is 19.2 Å². The highest BCUT2D eigenvalue weighted by Crippen LogP contribution is 2.35. The molecule has 1 aliphatic heterocycles. The lowest BCUT2D eigenvalue weighted by molar-refractivity contribution is 0.0357. The SMILES string of the molecule is COc1cc2nc(-c3ccc(Oc4ccc(F)c(Cl)c4)cc3)nc(N)c2cc1OCCCN1CCOCC1. The fourth-order valence-corrected chi connectivity index (χ4v) is 4.38. The first-order valence-electron chi connectivity index (χ1n) is 12.3. The summed E-state index contributed by atoms with van der Waals surface area (Å²) in [6, 6.07) is 15.0. The van der Waals surface area contributed by atoms with Crippen molar-refractivity contribution in [2.24, 2.45) is 0 Å². The number of halogens is 2. The molecule has 2 N–H and O–H groups in total. The summed E-state index contributed by atoms with van der Waals surface area (Å²) >= 11 is 5.83. The molecule has 0 unspecified atom stereocenters. The van der Waals surface area contributed by atoms with Crippen LogP contribution in [0.2, 0.25) is 5.02 Å². The van der Waals surface area contributed by atoms with Gasteiger partial charge in [0.1, 0.15) is 23.1 Å². The quantitative estimate of drug-likeness (QED) is 0.276. The molecule has 8 nitrogen and oxygen atoms in total. The van der Waals surface area contributed by atoms with Crippen molar-refractivity contribution < 1.29 is 23.3 Å². The van der Waals surface area contributed by atoms with E-state index in [0.29, 0.717) is 52.2 Å². The maximum absolute atomic E-state index is 13.4. The number of anilines is 1. The Bertz CT molecular complexity index is 1410. The number of benzene rings is 3. The standard InChI is InChI=1S/C28H28ClFN4O4/c1-35-25-17-24-21(16-26(25)37-12-2-9-34-10-13-36-14-11-34)27(31)33-28(32-24)18-3-5-19(6-4-18)38-20-7-8-23(30)22(29)15-20/h3-8,15-17H,2,9-14H2,1H3,(H2,31,32,33). The zero-order valence-corrected chi connectivity index (χ0v) is 21.7. The lowest BCUT2D eigenvalue weighted by Gasteiger charge is -2.26. The van der Waals surface area contributed by atoms with Gasteiger partial charge in [-0.1, -0.05) is 11.6 Å². The second kappa shape index (κ2) is 11.8. The molecule has 2 heterocycles. The molecule has 0 spiro atoms. The Balaban J connectivity index is 1.30. The third-order valence-electron chi connectivity index (χ3n) is 6.23. The third kappa shape index (κ3) is 6.07. The first kappa shape index (κ1) is 26.0. The number of nitrogens with zero attached hydrogens (tertiary/aromatic N) is 3. The van der Waals surface area contributed by atoms with Crippen molar-refractivity contribution in [1.82, 2.24) is 14.9 Å². The van der Waals surface area contributed by atoms with E-state index in [9.17, 15) is 4.39 Å². The van der Waals surface area contributed by atoms with Gasteiger partial charge in [0.25, 0.3) is 0 Å². The van der Waals surface area contributed by atoms with Gasteiger partial charge in [-0.25, -0.2) is 14.4 Å². The van der Waals surface area contributed by atoms with Crippen LogP contribution in [0.3, 0.4) is 0 Å². The van der Waals surface area contributed by atoms with Crippen molar-refractivity contribution in [1.29, 1.82) is 0 Å². The maximum atomic E-state index is 13.4. The van der Waals surface area contributed by atoms with Crippen LogP contribution < -0.4 is 19.9 Å². The van der Waals surface area contributed by atoms with E-state index >= 15 is 0 Å². The first-order valence-corrected chi connectivity index (χ1v) is 12.7. The van der Waals surface area contributed by atoms with E-state index in [4.69, 9.17) is 41.3 Å². The van der Waals surface area contributed by atoms with Gasteiger partial charge in [0, 0.05) is 42.7 Å². The van der Waals surface area contributed by atoms with Crippen LogP contribution >= 0.6 is 11.6 Å². The number of rotatable bonds is 9. The molecule has 0 amide bonds. The van der Waals surface area contributed by atoms with Gasteiger partial charge in [-0.15, -0.1) is 0 Å². The van der Waals surface area contributed by atoms with Gasteiger partial charge in [-0.2, -0.15) is 0 Å². The molecule has 0 aliphatic carbocycles. The van der Waals surface area contributed by atoms with Crippen molar-refractivity contribution in [2.75, 3.05) is 52.3 Å². The van der Waals surface area contributed by atoms with Crippen LogP contribution in [0.15, 0.2) is 54.6 Å². The molecule has 5 rings (SSSR count). The minimum atomic E-state index is -0.500. The average Bonchev–Trinajstić information content (AvgIpc) is 2.94. The van der Waals surface area contributed by atoms with Crippen LogP contribution in [-0.2, 0) is 4.74 Å². The summed E-state index contributed by atoms with van der Waals surface area (Å²) in [6.07, 6.45) is 0.889. The van der Waals surface area contributed by atoms with Crippen LogP contribution in [0.4, 0.5) is 10.2 Å². The number of morpholine rings is 1. The lowest BCUT2D eigenvalue weighted by Crippen LogP contribution is -2.37. The Kier molecular flexibility index (Phi) is 8.07. The second-order valence-electron chi connectivity index (χ2n) is 8.81. The minimum absolute atomic E-state index is 0.00358. The van der Waals surface area contributed by atoms with E-state index in [0.717, 1.165) is 44.8 Å². The van der Waals surface area contributed by atoms with Crippen molar-refractivity contribution in [3.8, 4) is 34.4 Å². The number of ether oxygens (including phenoxy) is 4. The van der Waals surface area contributed by atoms with Gasteiger partial charge in [-0.05, 0) is 48.9 Å². The van der Waals surface area contributed by atoms with Crippen molar-refractivity contribution in [2.45, 2.75) is 6.42 Å². The van der Waals surface area contributed by atoms with Gasteiger partial charge >= 0.3 is 0 Å². The Morgan fingerprint density at radius 1 is 1.00 bits per heavy atom. The van der Waals surface area contributed by atoms with Crippen molar-refractivity contribution >= 4 is 28.3 Å². The molecule has 1 aliphatic rings. The van der Waals surface area contributed by atoms with E-state index in [2.05, 4.69) is 9.88 Å². The normalized spacial score (nSPS) is 14.0. The molecule has 3 aromatic carbocycles. The van der Waals surface area contributed by atoms with E-state index in [1.165, 1.54) is 18.2 Å². The Labute approximate surface area is 225 Å². The zero-order chi connectivity index (χ0) is 26.5. The molecular formula is C28H28ClFN4O4. The lowest BCUT2D eigenvalue weighted by atomic mass is 10.1. The fourth-order valence-electron chi connectivity index (χ4n) is 4.21. The number of nitrogens with two attached hydrogens (primary N) is 1. The number of fused-ring (bicyclic) bond motifs is 1. The minimum Gasteiger partial charge on any atom is -0.493 e. The first-order chi connectivity index (χ1) is 18.5. The smallest absolute Gasteiger partial charge is 0.162 e. The molecule has 38 heavy (non-hydrogen) atoms. The predicted molar refractivity (Wildman–Crippen MR) is 145 cm³/mol. The number of aromatic nitrogens is 2. The van der Waals surface area contributed by atoms with Crippen LogP contribution in [-0.4, -0.2) is 61.4 Å². The number of hydrogen-bond donors (Lipinski definition) is 1. The molecule has 198 valence electrons. The molecular weight excluding hydrogens is 511 g/mol. The maximum Gasteiger partial charge on any atom is 0.162 e. The van der Waals surface area contributed by atoms with Crippen molar-refractivity contribution in [3.05, 3.63) is 65.4 Å². The molecule has 1 fully saturated rings. The van der Waals surface area contributed by atoms with E-state index in [-0.39, 0.29) is 5.02 Å². The largest absolute Gasteiger partial charge is 0.493 e. The van der Waals surface area contributed by atoms with Crippen LogP contribution in [0.25, 0.3) is 22.3 Å². The number of hydrogen-bond acceptors (Lipinski definition) is 8. The van der Waals surface area contributed by atoms with Gasteiger partial charge in [0.05, 0.1) is 37.5 Å². The van der Waals surface area contributed by atoms with Gasteiger partial charge < -0.3 is 24.7 Å². The second-order valence-corrected chi connectivity index (χ2v) is 9.22.